The van der Waals surface area contributed by atoms with Crippen molar-refractivity contribution in [2.24, 2.45) is 5.73 Å². The minimum Gasteiger partial charge on any atom is -0.494 e. The first kappa shape index (κ1) is 15.3. The van der Waals surface area contributed by atoms with Crippen molar-refractivity contribution in [1.29, 1.82) is 0 Å². The van der Waals surface area contributed by atoms with Crippen LogP contribution in [0.1, 0.15) is 24.9 Å². The van der Waals surface area contributed by atoms with Crippen molar-refractivity contribution in [3.05, 3.63) is 29.8 Å². The standard InChI is InChI=1S/C15H25N3O2/c1-2-8-20-14-5-3-4-13(11-14)15(12-16)17-18-6-9-19-10-7-18/h3-5,11,15,17H,2,6-10,12,16H2,1H3. The summed E-state index contributed by atoms with van der Waals surface area (Å²) in [5.41, 5.74) is 10.5. The Hall–Kier alpha value is -1.14. The van der Waals surface area contributed by atoms with Crippen LogP contribution in [0.25, 0.3) is 0 Å². The van der Waals surface area contributed by atoms with Gasteiger partial charge in [-0.2, -0.15) is 0 Å². The Labute approximate surface area is 121 Å². The van der Waals surface area contributed by atoms with Crippen LogP contribution in [0.2, 0.25) is 0 Å². The molecule has 112 valence electrons. The van der Waals surface area contributed by atoms with Gasteiger partial charge in [-0.05, 0) is 24.1 Å². The number of ether oxygens (including phenoxy) is 2. The van der Waals surface area contributed by atoms with E-state index in [0.717, 1.165) is 50.6 Å². The average Bonchev–Trinajstić information content (AvgIpc) is 2.52. The van der Waals surface area contributed by atoms with Gasteiger partial charge >= 0.3 is 0 Å². The SMILES string of the molecule is CCCOc1cccc(C(CN)NN2CCOCC2)c1. The van der Waals surface area contributed by atoms with E-state index >= 15 is 0 Å². The summed E-state index contributed by atoms with van der Waals surface area (Å²) in [4.78, 5) is 0. The highest BCUT2D eigenvalue weighted by Crippen LogP contribution is 2.19. The molecular weight excluding hydrogens is 254 g/mol. The first-order chi connectivity index (χ1) is 9.83. The molecule has 5 heteroatoms. The van der Waals surface area contributed by atoms with Crippen molar-refractivity contribution in [2.45, 2.75) is 19.4 Å². The molecule has 1 fully saturated rings. The molecular formula is C15H25N3O2. The fourth-order valence-electron chi connectivity index (χ4n) is 2.22. The molecule has 1 aromatic carbocycles. The van der Waals surface area contributed by atoms with Crippen molar-refractivity contribution in [2.75, 3.05) is 39.5 Å². The molecule has 1 aliphatic rings. The zero-order chi connectivity index (χ0) is 14.2. The van der Waals surface area contributed by atoms with Crippen molar-refractivity contribution < 1.29 is 9.47 Å². The van der Waals surface area contributed by atoms with Crippen LogP contribution in [0.4, 0.5) is 0 Å². The molecule has 1 atom stereocenters. The number of nitrogens with zero attached hydrogens (tertiary/aromatic N) is 1. The van der Waals surface area contributed by atoms with Gasteiger partial charge in [-0.15, -0.1) is 0 Å². The Bertz CT molecular complexity index is 394. The monoisotopic (exact) mass is 279 g/mol. The number of hydrogen-bond donors (Lipinski definition) is 2. The van der Waals surface area contributed by atoms with Crippen LogP contribution in [-0.2, 0) is 4.74 Å². The molecule has 0 amide bonds. The molecule has 3 N–H and O–H groups in total. The van der Waals surface area contributed by atoms with Gasteiger partial charge in [-0.3, -0.25) is 0 Å². The number of benzene rings is 1. The van der Waals surface area contributed by atoms with Crippen LogP contribution in [0.3, 0.4) is 0 Å². The first-order valence-electron chi connectivity index (χ1n) is 7.35. The minimum absolute atomic E-state index is 0.110. The Morgan fingerprint density at radius 1 is 1.40 bits per heavy atom. The zero-order valence-electron chi connectivity index (χ0n) is 12.2. The van der Waals surface area contributed by atoms with Crippen LogP contribution in [0.15, 0.2) is 24.3 Å². The number of hydrogen-bond acceptors (Lipinski definition) is 5. The smallest absolute Gasteiger partial charge is 0.119 e. The molecule has 1 aliphatic heterocycles. The summed E-state index contributed by atoms with van der Waals surface area (Å²) in [5, 5.41) is 2.18. The third-order valence-electron chi connectivity index (χ3n) is 3.32. The lowest BCUT2D eigenvalue weighted by molar-refractivity contribution is 0.00403. The number of hydrazine groups is 1. The van der Waals surface area contributed by atoms with Crippen LogP contribution in [0, 0.1) is 0 Å². The van der Waals surface area contributed by atoms with E-state index in [1.54, 1.807) is 0 Å². The fourth-order valence-corrected chi connectivity index (χ4v) is 2.22. The van der Waals surface area contributed by atoms with Gasteiger partial charge in [0.1, 0.15) is 5.75 Å². The average molecular weight is 279 g/mol. The molecule has 1 heterocycles. The van der Waals surface area contributed by atoms with E-state index in [0.29, 0.717) is 6.54 Å². The second-order valence-electron chi connectivity index (χ2n) is 4.94. The highest BCUT2D eigenvalue weighted by Gasteiger charge is 2.16. The quantitative estimate of drug-likeness (QED) is 0.788. The van der Waals surface area contributed by atoms with Gasteiger partial charge in [0.2, 0.25) is 0 Å². The summed E-state index contributed by atoms with van der Waals surface area (Å²) < 4.78 is 11.0. The van der Waals surface area contributed by atoms with Gasteiger partial charge in [-0.1, -0.05) is 19.1 Å². The van der Waals surface area contributed by atoms with Gasteiger partial charge in [-0.25, -0.2) is 10.4 Å². The molecule has 0 radical (unpaired) electrons. The van der Waals surface area contributed by atoms with Gasteiger partial charge in [0.15, 0.2) is 0 Å². The van der Waals surface area contributed by atoms with Crippen molar-refractivity contribution >= 4 is 0 Å². The fraction of sp³-hybridized carbons (Fsp3) is 0.600. The molecule has 5 nitrogen and oxygen atoms in total. The van der Waals surface area contributed by atoms with Crippen LogP contribution < -0.4 is 15.9 Å². The topological polar surface area (TPSA) is 59.8 Å². The molecule has 1 aromatic rings. The molecule has 0 bridgehead atoms. The summed E-state index contributed by atoms with van der Waals surface area (Å²) >= 11 is 0. The third kappa shape index (κ3) is 4.45. The molecule has 2 rings (SSSR count). The Kier molecular flexibility index (Phi) is 6.26. The van der Waals surface area contributed by atoms with Gasteiger partial charge < -0.3 is 15.2 Å². The van der Waals surface area contributed by atoms with Crippen molar-refractivity contribution in [3.8, 4) is 5.75 Å². The van der Waals surface area contributed by atoms with E-state index in [1.807, 2.05) is 12.1 Å². The summed E-state index contributed by atoms with van der Waals surface area (Å²) in [5.74, 6) is 0.909. The number of morpholine rings is 1. The van der Waals surface area contributed by atoms with E-state index < -0.39 is 0 Å². The highest BCUT2D eigenvalue weighted by atomic mass is 16.5. The molecule has 0 saturated carbocycles. The number of rotatable bonds is 7. The lowest BCUT2D eigenvalue weighted by Crippen LogP contribution is -2.48. The van der Waals surface area contributed by atoms with Gasteiger partial charge in [0.25, 0.3) is 0 Å². The van der Waals surface area contributed by atoms with Crippen LogP contribution in [0.5, 0.6) is 5.75 Å². The first-order valence-corrected chi connectivity index (χ1v) is 7.35. The van der Waals surface area contributed by atoms with Crippen molar-refractivity contribution in [1.82, 2.24) is 10.4 Å². The third-order valence-corrected chi connectivity index (χ3v) is 3.32. The predicted octanol–water partition coefficient (Wildman–Crippen LogP) is 1.31. The van der Waals surface area contributed by atoms with Crippen LogP contribution >= 0.6 is 0 Å². The Balaban J connectivity index is 1.98. The Morgan fingerprint density at radius 3 is 2.90 bits per heavy atom. The molecule has 1 unspecified atom stereocenters. The normalized spacial score (nSPS) is 17.9. The lowest BCUT2D eigenvalue weighted by Gasteiger charge is -2.31. The number of nitrogens with one attached hydrogen (secondary N) is 1. The highest BCUT2D eigenvalue weighted by molar-refractivity contribution is 5.30. The molecule has 0 aliphatic carbocycles. The Morgan fingerprint density at radius 2 is 2.20 bits per heavy atom. The zero-order valence-corrected chi connectivity index (χ0v) is 12.2. The van der Waals surface area contributed by atoms with Crippen LogP contribution in [-0.4, -0.2) is 44.5 Å². The summed E-state index contributed by atoms with van der Waals surface area (Å²) in [7, 11) is 0. The maximum atomic E-state index is 5.91. The second-order valence-corrected chi connectivity index (χ2v) is 4.94. The summed E-state index contributed by atoms with van der Waals surface area (Å²) in [6.07, 6.45) is 1.01. The van der Waals surface area contributed by atoms with Gasteiger partial charge in [0, 0.05) is 19.6 Å². The summed E-state index contributed by atoms with van der Waals surface area (Å²) in [6.45, 7) is 6.72. The predicted molar refractivity (Wildman–Crippen MR) is 79.6 cm³/mol. The van der Waals surface area contributed by atoms with Gasteiger partial charge in [0.05, 0.1) is 25.9 Å². The minimum atomic E-state index is 0.110. The van der Waals surface area contributed by atoms with E-state index in [4.69, 9.17) is 15.2 Å². The maximum Gasteiger partial charge on any atom is 0.119 e. The van der Waals surface area contributed by atoms with E-state index in [9.17, 15) is 0 Å². The molecule has 1 saturated heterocycles. The molecule has 20 heavy (non-hydrogen) atoms. The molecule has 0 spiro atoms. The lowest BCUT2D eigenvalue weighted by atomic mass is 10.1. The second kappa shape index (κ2) is 8.21. The summed E-state index contributed by atoms with van der Waals surface area (Å²) in [6, 6.07) is 8.27. The van der Waals surface area contributed by atoms with E-state index in [1.165, 1.54) is 0 Å². The number of nitrogens with two attached hydrogens (primary N) is 1. The maximum absolute atomic E-state index is 5.91. The van der Waals surface area contributed by atoms with E-state index in [2.05, 4.69) is 29.5 Å². The molecule has 0 aromatic heterocycles. The van der Waals surface area contributed by atoms with E-state index in [-0.39, 0.29) is 6.04 Å². The van der Waals surface area contributed by atoms with Crippen molar-refractivity contribution in [3.63, 3.8) is 0 Å². The largest absolute Gasteiger partial charge is 0.494 e.